The Hall–Kier alpha value is -1.30. The second kappa shape index (κ2) is 4.76. The number of hydrogen-bond donors (Lipinski definition) is 0. The summed E-state index contributed by atoms with van der Waals surface area (Å²) in [6, 6.07) is 8.81. The van der Waals surface area contributed by atoms with Crippen LogP contribution in [0.15, 0.2) is 24.3 Å². The van der Waals surface area contributed by atoms with Crippen LogP contribution in [0.5, 0.6) is 0 Å². The van der Waals surface area contributed by atoms with Crippen LogP contribution in [0.1, 0.15) is 61.8 Å². The van der Waals surface area contributed by atoms with E-state index in [4.69, 9.17) is 0 Å². The smallest absolute Gasteiger partial charge is 0.0149 e. The predicted molar refractivity (Wildman–Crippen MR) is 81.6 cm³/mol. The number of rotatable bonds is 2. The van der Waals surface area contributed by atoms with Gasteiger partial charge in [-0.05, 0) is 58.7 Å². The molecule has 0 bridgehead atoms. The van der Waals surface area contributed by atoms with E-state index < -0.39 is 0 Å². The zero-order valence-electron chi connectivity index (χ0n) is 12.5. The third-order valence-electron chi connectivity index (χ3n) is 3.99. The quantitative estimate of drug-likeness (QED) is 0.631. The SMILES string of the molecule is Cc1c(C(C)C)c(C(C)C)c(C)c2ccccc12. The van der Waals surface area contributed by atoms with Gasteiger partial charge in [-0.3, -0.25) is 0 Å². The molecule has 0 heterocycles. The molecule has 0 aromatic heterocycles. The van der Waals surface area contributed by atoms with Gasteiger partial charge in [0.2, 0.25) is 0 Å². The molecule has 2 aromatic carbocycles. The lowest BCUT2D eigenvalue weighted by molar-refractivity contribution is 0.780. The van der Waals surface area contributed by atoms with Crippen LogP contribution in [0.2, 0.25) is 0 Å². The Morgan fingerprint density at radius 2 is 1.00 bits per heavy atom. The first kappa shape index (κ1) is 13.1. The summed E-state index contributed by atoms with van der Waals surface area (Å²) in [6.07, 6.45) is 0. The van der Waals surface area contributed by atoms with E-state index in [0.717, 1.165) is 0 Å². The van der Waals surface area contributed by atoms with E-state index in [1.807, 2.05) is 0 Å². The zero-order valence-corrected chi connectivity index (χ0v) is 12.5. The number of fused-ring (bicyclic) bond motifs is 1. The van der Waals surface area contributed by atoms with E-state index in [1.165, 1.54) is 21.9 Å². The van der Waals surface area contributed by atoms with Gasteiger partial charge >= 0.3 is 0 Å². The monoisotopic (exact) mass is 240 g/mol. The molecule has 0 nitrogen and oxygen atoms in total. The highest BCUT2D eigenvalue weighted by Crippen LogP contribution is 2.37. The molecule has 0 radical (unpaired) electrons. The normalized spacial score (nSPS) is 11.8. The van der Waals surface area contributed by atoms with Crippen molar-refractivity contribution < 1.29 is 0 Å². The second-order valence-corrected chi connectivity index (χ2v) is 5.93. The van der Waals surface area contributed by atoms with Gasteiger partial charge in [-0.25, -0.2) is 0 Å². The largest absolute Gasteiger partial charge is 0.0616 e. The van der Waals surface area contributed by atoms with Gasteiger partial charge < -0.3 is 0 Å². The van der Waals surface area contributed by atoms with Crippen molar-refractivity contribution >= 4 is 10.8 Å². The lowest BCUT2D eigenvalue weighted by Gasteiger charge is -2.24. The van der Waals surface area contributed by atoms with Crippen LogP contribution in [0.4, 0.5) is 0 Å². The Morgan fingerprint density at radius 3 is 1.28 bits per heavy atom. The Bertz CT molecular complexity index is 522. The van der Waals surface area contributed by atoms with Crippen LogP contribution >= 0.6 is 0 Å². The molecule has 18 heavy (non-hydrogen) atoms. The number of benzene rings is 2. The highest BCUT2D eigenvalue weighted by Gasteiger charge is 2.18. The van der Waals surface area contributed by atoms with E-state index in [1.54, 1.807) is 11.1 Å². The number of aryl methyl sites for hydroxylation is 2. The van der Waals surface area contributed by atoms with Gasteiger partial charge in [-0.2, -0.15) is 0 Å². The maximum Gasteiger partial charge on any atom is -0.0149 e. The van der Waals surface area contributed by atoms with Crippen molar-refractivity contribution in [3.05, 3.63) is 46.5 Å². The van der Waals surface area contributed by atoms with Gasteiger partial charge in [-0.1, -0.05) is 52.0 Å². The second-order valence-electron chi connectivity index (χ2n) is 5.93. The van der Waals surface area contributed by atoms with E-state index in [9.17, 15) is 0 Å². The third kappa shape index (κ3) is 1.94. The number of hydrogen-bond acceptors (Lipinski definition) is 0. The van der Waals surface area contributed by atoms with Crippen molar-refractivity contribution in [3.8, 4) is 0 Å². The van der Waals surface area contributed by atoms with Gasteiger partial charge in [0, 0.05) is 0 Å². The van der Waals surface area contributed by atoms with Crippen molar-refractivity contribution in [3.63, 3.8) is 0 Å². The molecule has 0 aliphatic carbocycles. The molecule has 0 saturated carbocycles. The van der Waals surface area contributed by atoms with Gasteiger partial charge in [0.15, 0.2) is 0 Å². The van der Waals surface area contributed by atoms with Crippen LogP contribution in [-0.2, 0) is 0 Å². The molecule has 0 unspecified atom stereocenters. The Balaban J connectivity index is 2.96. The van der Waals surface area contributed by atoms with Crippen molar-refractivity contribution in [2.75, 3.05) is 0 Å². The minimum Gasteiger partial charge on any atom is -0.0616 e. The van der Waals surface area contributed by atoms with Gasteiger partial charge in [0.05, 0.1) is 0 Å². The van der Waals surface area contributed by atoms with Gasteiger partial charge in [0.25, 0.3) is 0 Å². The molecule has 0 aliphatic heterocycles. The lowest BCUT2D eigenvalue weighted by Crippen LogP contribution is -2.05. The molecular weight excluding hydrogens is 216 g/mol. The third-order valence-corrected chi connectivity index (χ3v) is 3.99. The van der Waals surface area contributed by atoms with Crippen molar-refractivity contribution in [2.24, 2.45) is 0 Å². The van der Waals surface area contributed by atoms with Crippen LogP contribution in [-0.4, -0.2) is 0 Å². The fraction of sp³-hybridized carbons (Fsp3) is 0.444. The molecule has 2 aromatic rings. The van der Waals surface area contributed by atoms with Crippen molar-refractivity contribution in [2.45, 2.75) is 53.4 Å². The maximum absolute atomic E-state index is 2.31. The topological polar surface area (TPSA) is 0 Å². The Morgan fingerprint density at radius 1 is 0.667 bits per heavy atom. The van der Waals surface area contributed by atoms with Gasteiger partial charge in [-0.15, -0.1) is 0 Å². The summed E-state index contributed by atoms with van der Waals surface area (Å²) in [5.41, 5.74) is 6.05. The molecule has 0 spiro atoms. The minimum atomic E-state index is 0.589. The summed E-state index contributed by atoms with van der Waals surface area (Å²) < 4.78 is 0. The van der Waals surface area contributed by atoms with Crippen LogP contribution < -0.4 is 0 Å². The first-order valence-corrected chi connectivity index (χ1v) is 6.96. The fourth-order valence-corrected chi connectivity index (χ4v) is 3.32. The summed E-state index contributed by atoms with van der Waals surface area (Å²) in [7, 11) is 0. The summed E-state index contributed by atoms with van der Waals surface area (Å²) in [6.45, 7) is 13.8. The summed E-state index contributed by atoms with van der Waals surface area (Å²) in [5.74, 6) is 1.18. The Kier molecular flexibility index (Phi) is 3.47. The molecule has 0 amide bonds. The molecule has 0 N–H and O–H groups in total. The first-order valence-electron chi connectivity index (χ1n) is 6.96. The summed E-state index contributed by atoms with van der Waals surface area (Å²) in [5, 5.41) is 2.84. The highest BCUT2D eigenvalue weighted by atomic mass is 14.2. The molecule has 0 heteroatoms. The first-order chi connectivity index (χ1) is 8.45. The van der Waals surface area contributed by atoms with Crippen LogP contribution in [0.25, 0.3) is 10.8 Å². The molecule has 0 fully saturated rings. The van der Waals surface area contributed by atoms with Crippen molar-refractivity contribution in [1.82, 2.24) is 0 Å². The molecule has 2 rings (SSSR count). The molecule has 0 atom stereocenters. The van der Waals surface area contributed by atoms with E-state index >= 15 is 0 Å². The lowest BCUT2D eigenvalue weighted by atomic mass is 9.81. The Labute approximate surface area is 111 Å². The minimum absolute atomic E-state index is 0.589. The average molecular weight is 240 g/mol. The van der Waals surface area contributed by atoms with Gasteiger partial charge in [0.1, 0.15) is 0 Å². The van der Waals surface area contributed by atoms with Crippen LogP contribution in [0.3, 0.4) is 0 Å². The average Bonchev–Trinajstić information content (AvgIpc) is 2.32. The molecule has 96 valence electrons. The van der Waals surface area contributed by atoms with E-state index in [2.05, 4.69) is 65.8 Å². The maximum atomic E-state index is 2.31. The predicted octanol–water partition coefficient (Wildman–Crippen LogP) is 5.70. The zero-order chi connectivity index (χ0) is 13.4. The highest BCUT2D eigenvalue weighted by molar-refractivity contribution is 5.91. The molecular formula is C18H24. The molecule has 0 aliphatic rings. The van der Waals surface area contributed by atoms with E-state index in [-0.39, 0.29) is 0 Å². The van der Waals surface area contributed by atoms with E-state index in [0.29, 0.717) is 11.8 Å². The van der Waals surface area contributed by atoms with Crippen LogP contribution in [0, 0.1) is 13.8 Å². The molecule has 0 saturated heterocycles. The van der Waals surface area contributed by atoms with Crippen molar-refractivity contribution in [1.29, 1.82) is 0 Å². The summed E-state index contributed by atoms with van der Waals surface area (Å²) in [4.78, 5) is 0. The summed E-state index contributed by atoms with van der Waals surface area (Å²) >= 11 is 0. The fourth-order valence-electron chi connectivity index (χ4n) is 3.32. The standard InChI is InChI=1S/C18H24/c1-11(2)17-13(5)15-9-7-8-10-16(15)14(6)18(17)12(3)4/h7-12H,1-6H3.